The number of methoxy groups -OCH3 is 2. The summed E-state index contributed by atoms with van der Waals surface area (Å²) < 4.78 is 16.8. The third-order valence-electron chi connectivity index (χ3n) is 6.51. The standard InChI is InChI=1S/C24H29ClN2O5/c1-13-9-17(22(31-4)15-6-8-32-12-15)21(25)20-16(13)5-7-27(24(20)29)11-18-19(30-3)10-14(2)26-23(18)28/h9-10,15,22H,5-8,11-12H2,1-4H3,(H,26,28)/t15-,22+/m1/s1. The van der Waals surface area contributed by atoms with Gasteiger partial charge in [-0.2, -0.15) is 0 Å². The molecular formula is C24H29ClN2O5. The number of H-pyrrole nitrogens is 1. The van der Waals surface area contributed by atoms with Crippen LogP contribution in [0.5, 0.6) is 5.75 Å². The Hall–Kier alpha value is -2.35. The molecule has 0 bridgehead atoms. The third kappa shape index (κ3) is 4.05. The Balaban J connectivity index is 1.71. The van der Waals surface area contributed by atoms with Crippen LogP contribution in [0.15, 0.2) is 16.9 Å². The van der Waals surface area contributed by atoms with E-state index in [1.807, 2.05) is 13.0 Å². The number of fused-ring (bicyclic) bond motifs is 1. The van der Waals surface area contributed by atoms with Crippen LogP contribution in [-0.2, 0) is 22.4 Å². The molecular weight excluding hydrogens is 432 g/mol. The number of ether oxygens (including phenoxy) is 3. The highest BCUT2D eigenvalue weighted by molar-refractivity contribution is 6.35. The summed E-state index contributed by atoms with van der Waals surface area (Å²) in [5.41, 5.74) is 4.20. The average Bonchev–Trinajstić information content (AvgIpc) is 3.29. The second kappa shape index (κ2) is 9.25. The maximum Gasteiger partial charge on any atom is 0.256 e. The molecule has 4 rings (SSSR count). The van der Waals surface area contributed by atoms with E-state index in [1.54, 1.807) is 25.0 Å². The van der Waals surface area contributed by atoms with Crippen molar-refractivity contribution in [1.29, 1.82) is 0 Å². The van der Waals surface area contributed by atoms with Gasteiger partial charge < -0.3 is 24.1 Å². The van der Waals surface area contributed by atoms with Crippen molar-refractivity contribution in [2.24, 2.45) is 5.92 Å². The van der Waals surface area contributed by atoms with Crippen LogP contribution < -0.4 is 10.3 Å². The minimum Gasteiger partial charge on any atom is -0.496 e. The van der Waals surface area contributed by atoms with Gasteiger partial charge >= 0.3 is 0 Å². The lowest BCUT2D eigenvalue weighted by molar-refractivity contribution is 0.0443. The summed E-state index contributed by atoms with van der Waals surface area (Å²) in [6.07, 6.45) is 1.32. The van der Waals surface area contributed by atoms with Crippen LogP contribution in [-0.4, -0.2) is 49.8 Å². The van der Waals surface area contributed by atoms with E-state index >= 15 is 0 Å². The zero-order chi connectivity index (χ0) is 23.0. The lowest BCUT2D eigenvalue weighted by Crippen LogP contribution is -2.39. The molecule has 2 aliphatic rings. The SMILES string of the molecule is COc1cc(C)[nH]c(=O)c1CN1CCc2c(C)cc([C@@H](OC)[C@@H]3CCOC3)c(Cl)c2C1=O. The quantitative estimate of drug-likeness (QED) is 0.712. The first-order valence-corrected chi connectivity index (χ1v) is 11.2. The number of halogens is 1. The lowest BCUT2D eigenvalue weighted by Gasteiger charge is -2.32. The Morgan fingerprint density at radius 1 is 1.28 bits per heavy atom. The number of carbonyl (C=O) groups excluding carboxylic acids is 1. The van der Waals surface area contributed by atoms with E-state index in [2.05, 4.69) is 4.98 Å². The highest BCUT2D eigenvalue weighted by Gasteiger charge is 2.35. The summed E-state index contributed by atoms with van der Waals surface area (Å²) >= 11 is 6.86. The monoisotopic (exact) mass is 460 g/mol. The fourth-order valence-corrected chi connectivity index (χ4v) is 5.20. The number of carbonyl (C=O) groups is 1. The average molecular weight is 461 g/mol. The summed E-state index contributed by atoms with van der Waals surface area (Å²) in [5, 5.41) is 0.434. The molecule has 1 fully saturated rings. The van der Waals surface area contributed by atoms with Crippen molar-refractivity contribution in [1.82, 2.24) is 9.88 Å². The molecule has 32 heavy (non-hydrogen) atoms. The number of nitrogens with zero attached hydrogens (tertiary/aromatic N) is 1. The van der Waals surface area contributed by atoms with Crippen molar-refractivity contribution in [3.8, 4) is 5.75 Å². The number of rotatable bonds is 6. The van der Waals surface area contributed by atoms with Gasteiger partial charge in [-0.15, -0.1) is 0 Å². The maximum absolute atomic E-state index is 13.6. The Bertz CT molecular complexity index is 1090. The number of aromatic amines is 1. The number of amides is 1. The van der Waals surface area contributed by atoms with Crippen molar-refractivity contribution in [2.75, 3.05) is 34.0 Å². The number of pyridine rings is 1. The van der Waals surface area contributed by atoms with Gasteiger partial charge in [0.1, 0.15) is 5.75 Å². The van der Waals surface area contributed by atoms with E-state index in [4.69, 9.17) is 25.8 Å². The molecule has 172 valence electrons. The number of aryl methyl sites for hydroxylation is 2. The third-order valence-corrected chi connectivity index (χ3v) is 6.91. The first kappa shape index (κ1) is 22.8. The number of benzene rings is 1. The summed E-state index contributed by atoms with van der Waals surface area (Å²) in [6, 6.07) is 3.81. The molecule has 0 radical (unpaired) electrons. The molecule has 8 heteroatoms. The first-order valence-electron chi connectivity index (χ1n) is 10.8. The number of aromatic nitrogens is 1. The summed E-state index contributed by atoms with van der Waals surface area (Å²) in [7, 11) is 3.19. The molecule has 0 unspecified atom stereocenters. The van der Waals surface area contributed by atoms with Crippen molar-refractivity contribution < 1.29 is 19.0 Å². The lowest BCUT2D eigenvalue weighted by atomic mass is 9.87. The molecule has 1 amide bonds. The predicted octanol–water partition coefficient (Wildman–Crippen LogP) is 3.58. The molecule has 1 saturated heterocycles. The van der Waals surface area contributed by atoms with Crippen molar-refractivity contribution in [3.63, 3.8) is 0 Å². The van der Waals surface area contributed by atoms with Crippen LogP contribution in [0, 0.1) is 19.8 Å². The number of hydrogen-bond acceptors (Lipinski definition) is 5. The van der Waals surface area contributed by atoms with Gasteiger partial charge in [0, 0.05) is 37.4 Å². The molecule has 7 nitrogen and oxygen atoms in total. The van der Waals surface area contributed by atoms with Crippen LogP contribution in [0.3, 0.4) is 0 Å². The highest BCUT2D eigenvalue weighted by Crippen LogP contribution is 2.40. The molecule has 2 atom stereocenters. The molecule has 2 aliphatic heterocycles. The van der Waals surface area contributed by atoms with E-state index in [0.29, 0.717) is 53.8 Å². The normalized spacial score (nSPS) is 19.2. The van der Waals surface area contributed by atoms with Gasteiger partial charge in [-0.05, 0) is 43.9 Å². The molecule has 0 saturated carbocycles. The van der Waals surface area contributed by atoms with Crippen LogP contribution in [0.25, 0.3) is 0 Å². The fourth-order valence-electron chi connectivity index (χ4n) is 4.84. The number of hydrogen-bond donors (Lipinski definition) is 1. The second-order valence-electron chi connectivity index (χ2n) is 8.54. The zero-order valence-corrected chi connectivity index (χ0v) is 19.7. The largest absolute Gasteiger partial charge is 0.496 e. The van der Waals surface area contributed by atoms with E-state index < -0.39 is 0 Å². The number of nitrogens with one attached hydrogen (secondary N) is 1. The summed E-state index contributed by atoms with van der Waals surface area (Å²) in [4.78, 5) is 30.6. The zero-order valence-electron chi connectivity index (χ0n) is 18.9. The van der Waals surface area contributed by atoms with E-state index in [0.717, 1.165) is 23.1 Å². The summed E-state index contributed by atoms with van der Waals surface area (Å²) in [6.45, 7) is 5.77. The van der Waals surface area contributed by atoms with Gasteiger partial charge in [-0.1, -0.05) is 17.7 Å². The van der Waals surface area contributed by atoms with Crippen molar-refractivity contribution in [3.05, 3.63) is 61.0 Å². The Morgan fingerprint density at radius 2 is 2.06 bits per heavy atom. The molecule has 1 N–H and O–H groups in total. The molecule has 2 aromatic rings. The smallest absolute Gasteiger partial charge is 0.256 e. The molecule has 0 aliphatic carbocycles. The van der Waals surface area contributed by atoms with Gasteiger partial charge in [0.25, 0.3) is 11.5 Å². The van der Waals surface area contributed by atoms with Crippen molar-refractivity contribution >= 4 is 17.5 Å². The van der Waals surface area contributed by atoms with Crippen LogP contribution in [0.4, 0.5) is 0 Å². The van der Waals surface area contributed by atoms with Crippen LogP contribution >= 0.6 is 11.6 Å². The Morgan fingerprint density at radius 3 is 2.72 bits per heavy atom. The van der Waals surface area contributed by atoms with Gasteiger partial charge in [-0.3, -0.25) is 9.59 Å². The van der Waals surface area contributed by atoms with Crippen LogP contribution in [0.2, 0.25) is 5.02 Å². The van der Waals surface area contributed by atoms with E-state index in [-0.39, 0.29) is 30.0 Å². The topological polar surface area (TPSA) is 80.9 Å². The van der Waals surface area contributed by atoms with Crippen molar-refractivity contribution in [2.45, 2.75) is 39.3 Å². The first-order chi connectivity index (χ1) is 15.3. The van der Waals surface area contributed by atoms with Gasteiger partial charge in [-0.25, -0.2) is 0 Å². The fraction of sp³-hybridized carbons (Fsp3) is 0.500. The molecule has 1 aromatic heterocycles. The maximum atomic E-state index is 13.6. The minimum atomic E-state index is -0.253. The van der Waals surface area contributed by atoms with Gasteiger partial charge in [0.15, 0.2) is 0 Å². The highest BCUT2D eigenvalue weighted by atomic mass is 35.5. The van der Waals surface area contributed by atoms with E-state index in [9.17, 15) is 9.59 Å². The molecule has 3 heterocycles. The van der Waals surface area contributed by atoms with E-state index in [1.165, 1.54) is 7.11 Å². The minimum absolute atomic E-state index is 0.154. The second-order valence-corrected chi connectivity index (χ2v) is 8.91. The molecule has 1 aromatic carbocycles. The molecule has 0 spiro atoms. The van der Waals surface area contributed by atoms with Gasteiger partial charge in [0.2, 0.25) is 0 Å². The Kier molecular flexibility index (Phi) is 6.60. The summed E-state index contributed by atoms with van der Waals surface area (Å²) in [5.74, 6) is 0.488. The Labute approximate surface area is 192 Å². The van der Waals surface area contributed by atoms with Gasteiger partial charge in [0.05, 0.1) is 42.5 Å². The predicted molar refractivity (Wildman–Crippen MR) is 122 cm³/mol. The van der Waals surface area contributed by atoms with Crippen LogP contribution in [0.1, 0.15) is 50.8 Å².